The third-order valence-corrected chi connectivity index (χ3v) is 1.98. The predicted octanol–water partition coefficient (Wildman–Crippen LogP) is 1.53. The van der Waals surface area contributed by atoms with Gasteiger partial charge in [-0.05, 0) is 5.41 Å². The second-order valence-electron chi connectivity index (χ2n) is 4.18. The Morgan fingerprint density at radius 1 is 1.55 bits per heavy atom. The van der Waals surface area contributed by atoms with E-state index in [9.17, 15) is 0 Å². The largest absolute Gasteiger partial charge is 0.381 e. The molecule has 1 atom stereocenters. The molecule has 0 aliphatic carbocycles. The maximum atomic E-state index is 5.36. The number of rotatable bonds is 0. The van der Waals surface area contributed by atoms with Crippen molar-refractivity contribution in [2.75, 3.05) is 13.2 Å². The minimum atomic E-state index is 0.253. The van der Waals surface area contributed by atoms with Crippen LogP contribution in [0.5, 0.6) is 0 Å². The summed E-state index contributed by atoms with van der Waals surface area (Å²) in [5, 5.41) is 3.34. The Bertz CT molecular complexity index is 157. The van der Waals surface area contributed by atoms with Crippen molar-refractivity contribution in [3.8, 4) is 0 Å². The molecule has 2 heteroatoms. The van der Waals surface area contributed by atoms with Gasteiger partial charge in [0, 0.05) is 5.70 Å². The molecular weight excluding hydrogens is 138 g/mol. The Morgan fingerprint density at radius 2 is 2.18 bits per heavy atom. The topological polar surface area (TPSA) is 21.3 Å². The summed E-state index contributed by atoms with van der Waals surface area (Å²) in [6.45, 7) is 11.9. The number of ether oxygens (including phenoxy) is 1. The number of morpholine rings is 1. The van der Waals surface area contributed by atoms with E-state index in [1.807, 2.05) is 0 Å². The normalized spacial score (nSPS) is 26.5. The predicted molar refractivity (Wildman–Crippen MR) is 46.3 cm³/mol. The van der Waals surface area contributed by atoms with Crippen LogP contribution in [-0.4, -0.2) is 19.3 Å². The quantitative estimate of drug-likeness (QED) is 0.573. The molecule has 1 aliphatic rings. The van der Waals surface area contributed by atoms with Gasteiger partial charge in [-0.3, -0.25) is 0 Å². The SMILES string of the molecule is C=C1COC[C@H](C(C)(C)C)N1. The van der Waals surface area contributed by atoms with Crippen molar-refractivity contribution in [3.05, 3.63) is 12.3 Å². The molecule has 1 N–H and O–H groups in total. The zero-order valence-corrected chi connectivity index (χ0v) is 7.61. The Labute approximate surface area is 68.6 Å². The van der Waals surface area contributed by atoms with E-state index in [0.717, 1.165) is 12.3 Å². The molecule has 0 aromatic rings. The van der Waals surface area contributed by atoms with Crippen molar-refractivity contribution in [1.82, 2.24) is 5.32 Å². The van der Waals surface area contributed by atoms with Crippen LogP contribution in [-0.2, 0) is 4.74 Å². The molecular formula is C9H17NO. The maximum absolute atomic E-state index is 5.36. The van der Waals surface area contributed by atoms with Crippen LogP contribution in [0.4, 0.5) is 0 Å². The lowest BCUT2D eigenvalue weighted by atomic mass is 9.86. The first kappa shape index (κ1) is 8.60. The summed E-state index contributed by atoms with van der Waals surface area (Å²) in [4.78, 5) is 0. The van der Waals surface area contributed by atoms with E-state index in [1.165, 1.54) is 0 Å². The highest BCUT2D eigenvalue weighted by Gasteiger charge is 2.27. The highest BCUT2D eigenvalue weighted by Crippen LogP contribution is 2.22. The average Bonchev–Trinajstić information content (AvgIpc) is 1.86. The summed E-state index contributed by atoms with van der Waals surface area (Å²) in [7, 11) is 0. The summed E-state index contributed by atoms with van der Waals surface area (Å²) in [6, 6.07) is 0.406. The fourth-order valence-corrected chi connectivity index (χ4v) is 1.10. The first-order chi connectivity index (χ1) is 5.00. The van der Waals surface area contributed by atoms with Gasteiger partial charge in [0.15, 0.2) is 0 Å². The fraction of sp³-hybridized carbons (Fsp3) is 0.778. The second kappa shape index (κ2) is 2.86. The van der Waals surface area contributed by atoms with Gasteiger partial charge < -0.3 is 10.1 Å². The smallest absolute Gasteiger partial charge is 0.0857 e. The molecule has 64 valence electrons. The fourth-order valence-electron chi connectivity index (χ4n) is 1.10. The van der Waals surface area contributed by atoms with Crippen LogP contribution in [0.3, 0.4) is 0 Å². The molecule has 0 aromatic heterocycles. The third kappa shape index (κ3) is 2.22. The van der Waals surface area contributed by atoms with Crippen LogP contribution in [0.1, 0.15) is 20.8 Å². The zero-order valence-electron chi connectivity index (χ0n) is 7.61. The Kier molecular flexibility index (Phi) is 2.23. The van der Waals surface area contributed by atoms with E-state index >= 15 is 0 Å². The van der Waals surface area contributed by atoms with Gasteiger partial charge in [-0.1, -0.05) is 27.4 Å². The van der Waals surface area contributed by atoms with E-state index in [1.54, 1.807) is 0 Å². The lowest BCUT2D eigenvalue weighted by molar-refractivity contribution is 0.0606. The summed E-state index contributed by atoms with van der Waals surface area (Å²) in [5.74, 6) is 0. The van der Waals surface area contributed by atoms with Crippen molar-refractivity contribution in [2.24, 2.45) is 5.41 Å². The minimum absolute atomic E-state index is 0.253. The van der Waals surface area contributed by atoms with Gasteiger partial charge in [0.1, 0.15) is 0 Å². The molecule has 0 saturated carbocycles. The molecule has 0 unspecified atom stereocenters. The van der Waals surface area contributed by atoms with Crippen molar-refractivity contribution >= 4 is 0 Å². The van der Waals surface area contributed by atoms with Gasteiger partial charge in [-0.2, -0.15) is 0 Å². The molecule has 11 heavy (non-hydrogen) atoms. The number of hydrogen-bond acceptors (Lipinski definition) is 2. The van der Waals surface area contributed by atoms with E-state index in [2.05, 4.69) is 32.7 Å². The average molecular weight is 155 g/mol. The van der Waals surface area contributed by atoms with Gasteiger partial charge in [-0.15, -0.1) is 0 Å². The molecule has 0 aromatic carbocycles. The molecule has 0 radical (unpaired) electrons. The Hall–Kier alpha value is -0.500. The molecule has 1 heterocycles. The highest BCUT2D eigenvalue weighted by atomic mass is 16.5. The van der Waals surface area contributed by atoms with E-state index < -0.39 is 0 Å². The standard InChI is InChI=1S/C9H17NO/c1-7-5-11-6-8(10-7)9(2,3)4/h8,10H,1,5-6H2,2-4H3/t8-/m1/s1. The van der Waals surface area contributed by atoms with Gasteiger partial charge in [-0.25, -0.2) is 0 Å². The molecule has 0 bridgehead atoms. The molecule has 0 spiro atoms. The van der Waals surface area contributed by atoms with Crippen molar-refractivity contribution in [3.63, 3.8) is 0 Å². The Balaban J connectivity index is 2.53. The first-order valence-corrected chi connectivity index (χ1v) is 4.02. The van der Waals surface area contributed by atoms with Gasteiger partial charge >= 0.3 is 0 Å². The number of hydrogen-bond donors (Lipinski definition) is 1. The molecule has 1 rings (SSSR count). The summed E-state index contributed by atoms with van der Waals surface area (Å²) in [6.07, 6.45) is 0. The summed E-state index contributed by atoms with van der Waals surface area (Å²) < 4.78 is 5.36. The second-order valence-corrected chi connectivity index (χ2v) is 4.18. The third-order valence-electron chi connectivity index (χ3n) is 1.98. The lowest BCUT2D eigenvalue weighted by Crippen LogP contribution is -2.47. The van der Waals surface area contributed by atoms with E-state index in [4.69, 9.17) is 4.74 Å². The maximum Gasteiger partial charge on any atom is 0.0857 e. The van der Waals surface area contributed by atoms with E-state index in [-0.39, 0.29) is 5.41 Å². The zero-order chi connectivity index (χ0) is 8.48. The molecule has 2 nitrogen and oxygen atoms in total. The van der Waals surface area contributed by atoms with Crippen LogP contribution in [0.25, 0.3) is 0 Å². The molecule has 1 fully saturated rings. The monoisotopic (exact) mass is 155 g/mol. The van der Waals surface area contributed by atoms with Gasteiger partial charge in [0.05, 0.1) is 19.3 Å². The minimum Gasteiger partial charge on any atom is -0.381 e. The van der Waals surface area contributed by atoms with E-state index in [0.29, 0.717) is 12.6 Å². The first-order valence-electron chi connectivity index (χ1n) is 4.02. The highest BCUT2D eigenvalue weighted by molar-refractivity contribution is 5.00. The van der Waals surface area contributed by atoms with Crippen LogP contribution >= 0.6 is 0 Å². The van der Waals surface area contributed by atoms with Crippen molar-refractivity contribution in [2.45, 2.75) is 26.8 Å². The molecule has 0 amide bonds. The number of nitrogens with one attached hydrogen (secondary N) is 1. The van der Waals surface area contributed by atoms with Gasteiger partial charge in [0.2, 0.25) is 0 Å². The lowest BCUT2D eigenvalue weighted by Gasteiger charge is -2.36. The van der Waals surface area contributed by atoms with Crippen LogP contribution in [0, 0.1) is 5.41 Å². The van der Waals surface area contributed by atoms with Crippen LogP contribution < -0.4 is 5.32 Å². The van der Waals surface area contributed by atoms with Gasteiger partial charge in [0.25, 0.3) is 0 Å². The van der Waals surface area contributed by atoms with Crippen molar-refractivity contribution in [1.29, 1.82) is 0 Å². The molecule has 1 saturated heterocycles. The Morgan fingerprint density at radius 3 is 2.55 bits per heavy atom. The van der Waals surface area contributed by atoms with Crippen LogP contribution in [0.15, 0.2) is 12.3 Å². The van der Waals surface area contributed by atoms with Crippen molar-refractivity contribution < 1.29 is 4.74 Å². The van der Waals surface area contributed by atoms with Crippen LogP contribution in [0.2, 0.25) is 0 Å². The summed E-state index contributed by atoms with van der Waals surface area (Å²) in [5.41, 5.74) is 1.25. The summed E-state index contributed by atoms with van der Waals surface area (Å²) >= 11 is 0. The molecule has 1 aliphatic heterocycles.